The number of nitrogens with zero attached hydrogens (tertiary/aromatic N) is 2. The number of carbonyl (C=O) groups is 1. The predicted octanol–water partition coefficient (Wildman–Crippen LogP) is 3.00. The Balaban J connectivity index is 1.78. The van der Waals surface area contributed by atoms with Crippen LogP contribution in [0.2, 0.25) is 0 Å². The summed E-state index contributed by atoms with van der Waals surface area (Å²) in [6, 6.07) is 6.07. The molecule has 0 radical (unpaired) electrons. The van der Waals surface area contributed by atoms with Gasteiger partial charge in [0.05, 0.1) is 29.6 Å². The first kappa shape index (κ1) is 16.3. The second kappa shape index (κ2) is 6.92. The number of para-hydroxylation sites is 1. The minimum atomic E-state index is -0.491. The maximum Gasteiger partial charge on any atom is 0.322 e. The minimum absolute atomic E-state index is 0.0392. The molecule has 7 heteroatoms. The number of hydrogen-bond donors (Lipinski definition) is 1. The highest BCUT2D eigenvalue weighted by atomic mass is 19.1. The van der Waals surface area contributed by atoms with Gasteiger partial charge < -0.3 is 14.8 Å². The Morgan fingerprint density at radius 1 is 1.29 bits per heavy atom. The summed E-state index contributed by atoms with van der Waals surface area (Å²) in [5, 5.41) is 2.85. The van der Waals surface area contributed by atoms with Crippen LogP contribution in [-0.2, 0) is 9.53 Å². The van der Waals surface area contributed by atoms with Gasteiger partial charge in [-0.2, -0.15) is 9.97 Å². The van der Waals surface area contributed by atoms with Gasteiger partial charge in [-0.1, -0.05) is 12.1 Å². The lowest BCUT2D eigenvalue weighted by molar-refractivity contribution is -0.119. The number of benzene rings is 1. The van der Waals surface area contributed by atoms with Crippen LogP contribution in [0.15, 0.2) is 24.3 Å². The fraction of sp³-hybridized carbons (Fsp3) is 0.353. The van der Waals surface area contributed by atoms with Crippen molar-refractivity contribution in [3.63, 3.8) is 0 Å². The zero-order valence-electron chi connectivity index (χ0n) is 13.5. The molecule has 1 atom stereocenters. The predicted molar refractivity (Wildman–Crippen MR) is 85.5 cm³/mol. The average molecular weight is 331 g/mol. The van der Waals surface area contributed by atoms with Crippen LogP contribution >= 0.6 is 0 Å². The zero-order chi connectivity index (χ0) is 17.1. The topological polar surface area (TPSA) is 73.3 Å². The highest BCUT2D eigenvalue weighted by molar-refractivity contribution is 5.93. The smallest absolute Gasteiger partial charge is 0.322 e. The van der Waals surface area contributed by atoms with Gasteiger partial charge in [0.15, 0.2) is 11.6 Å². The van der Waals surface area contributed by atoms with Gasteiger partial charge in [0, 0.05) is 6.61 Å². The molecule has 1 aromatic heterocycles. The number of nitrogens with one attached hydrogen (secondary N) is 1. The molecule has 1 aliphatic rings. The van der Waals surface area contributed by atoms with E-state index in [9.17, 15) is 9.18 Å². The van der Waals surface area contributed by atoms with E-state index >= 15 is 0 Å². The highest BCUT2D eigenvalue weighted by Gasteiger charge is 2.25. The molecule has 0 saturated carbocycles. The van der Waals surface area contributed by atoms with Crippen molar-refractivity contribution in [2.24, 2.45) is 5.92 Å². The summed E-state index contributed by atoms with van der Waals surface area (Å²) in [5.74, 6) is -0.700. The Labute approximate surface area is 139 Å². The van der Waals surface area contributed by atoms with E-state index in [0.717, 1.165) is 0 Å². The number of aromatic nitrogens is 2. The second-order valence-electron chi connectivity index (χ2n) is 5.63. The van der Waals surface area contributed by atoms with Gasteiger partial charge in [-0.25, -0.2) is 4.39 Å². The van der Waals surface area contributed by atoms with Gasteiger partial charge in [-0.15, -0.1) is 0 Å². The Morgan fingerprint density at radius 2 is 2.00 bits per heavy atom. The van der Waals surface area contributed by atoms with Crippen LogP contribution in [0.25, 0.3) is 0 Å². The minimum Gasteiger partial charge on any atom is -0.421 e. The Bertz CT molecular complexity index is 737. The standard InChI is InChI=1S/C17H18FN3O3/c1-10-15(21-16(22)12-7-8-23-9-12)11(2)20-17(19-10)24-14-6-4-3-5-13(14)18/h3-6,12H,7-9H2,1-2H3,(H,21,22). The number of carbonyl (C=O) groups excluding carboxylic acids is 1. The summed E-state index contributed by atoms with van der Waals surface area (Å²) in [5.41, 5.74) is 1.66. The van der Waals surface area contributed by atoms with Crippen molar-refractivity contribution in [1.29, 1.82) is 0 Å². The first-order valence-corrected chi connectivity index (χ1v) is 7.71. The summed E-state index contributed by atoms with van der Waals surface area (Å²) in [4.78, 5) is 20.6. The quantitative estimate of drug-likeness (QED) is 0.932. The van der Waals surface area contributed by atoms with Gasteiger partial charge in [-0.05, 0) is 32.4 Å². The van der Waals surface area contributed by atoms with E-state index in [1.54, 1.807) is 26.0 Å². The third-order valence-corrected chi connectivity index (χ3v) is 3.84. The van der Waals surface area contributed by atoms with Crippen LogP contribution < -0.4 is 10.1 Å². The normalized spacial score (nSPS) is 16.9. The van der Waals surface area contributed by atoms with E-state index < -0.39 is 5.82 Å². The first-order valence-electron chi connectivity index (χ1n) is 7.71. The molecular formula is C17H18FN3O3. The molecule has 1 unspecified atom stereocenters. The summed E-state index contributed by atoms with van der Waals surface area (Å²) in [6.07, 6.45) is 0.708. The molecule has 2 aromatic rings. The monoisotopic (exact) mass is 331 g/mol. The van der Waals surface area contributed by atoms with E-state index in [0.29, 0.717) is 36.7 Å². The van der Waals surface area contributed by atoms with Crippen molar-refractivity contribution >= 4 is 11.6 Å². The molecule has 126 valence electrons. The molecule has 24 heavy (non-hydrogen) atoms. The van der Waals surface area contributed by atoms with Crippen LogP contribution in [-0.4, -0.2) is 29.1 Å². The molecule has 1 N–H and O–H groups in total. The van der Waals surface area contributed by atoms with Gasteiger partial charge >= 0.3 is 6.01 Å². The summed E-state index contributed by atoms with van der Waals surface area (Å²) < 4.78 is 24.3. The first-order chi connectivity index (χ1) is 11.5. The lowest BCUT2D eigenvalue weighted by Crippen LogP contribution is -2.24. The maximum atomic E-state index is 13.7. The number of amides is 1. The molecule has 0 bridgehead atoms. The lowest BCUT2D eigenvalue weighted by atomic mass is 10.1. The van der Waals surface area contributed by atoms with Crippen molar-refractivity contribution in [2.45, 2.75) is 20.3 Å². The van der Waals surface area contributed by atoms with Gasteiger partial charge in [0.2, 0.25) is 5.91 Å². The largest absolute Gasteiger partial charge is 0.421 e. The molecule has 2 heterocycles. The molecule has 6 nitrogen and oxygen atoms in total. The molecule has 1 fully saturated rings. The Morgan fingerprint density at radius 3 is 2.62 bits per heavy atom. The number of ether oxygens (including phenoxy) is 2. The molecule has 1 aliphatic heterocycles. The van der Waals surface area contributed by atoms with Crippen molar-refractivity contribution < 1.29 is 18.7 Å². The fourth-order valence-electron chi connectivity index (χ4n) is 2.50. The second-order valence-corrected chi connectivity index (χ2v) is 5.63. The molecule has 1 aromatic carbocycles. The number of anilines is 1. The van der Waals surface area contributed by atoms with Crippen LogP contribution in [0.4, 0.5) is 10.1 Å². The number of halogens is 1. The Hall–Kier alpha value is -2.54. The van der Waals surface area contributed by atoms with Crippen molar-refractivity contribution in [3.8, 4) is 11.8 Å². The Kier molecular flexibility index (Phi) is 4.71. The molecular weight excluding hydrogens is 313 g/mol. The van der Waals surface area contributed by atoms with Crippen LogP contribution in [0.3, 0.4) is 0 Å². The number of aryl methyl sites for hydroxylation is 2. The summed E-state index contributed by atoms with van der Waals surface area (Å²) >= 11 is 0. The summed E-state index contributed by atoms with van der Waals surface area (Å²) in [7, 11) is 0. The van der Waals surface area contributed by atoms with E-state index in [4.69, 9.17) is 9.47 Å². The van der Waals surface area contributed by atoms with Crippen LogP contribution in [0.5, 0.6) is 11.8 Å². The summed E-state index contributed by atoms with van der Waals surface area (Å²) in [6.45, 7) is 4.51. The van der Waals surface area contributed by atoms with Crippen molar-refractivity contribution in [3.05, 3.63) is 41.5 Å². The fourth-order valence-corrected chi connectivity index (χ4v) is 2.50. The van der Waals surface area contributed by atoms with Gasteiger partial charge in [0.25, 0.3) is 0 Å². The van der Waals surface area contributed by atoms with E-state index in [-0.39, 0.29) is 23.6 Å². The van der Waals surface area contributed by atoms with Gasteiger partial charge in [0.1, 0.15) is 0 Å². The number of hydrogen-bond acceptors (Lipinski definition) is 5. The van der Waals surface area contributed by atoms with Crippen molar-refractivity contribution in [1.82, 2.24) is 9.97 Å². The molecule has 1 saturated heterocycles. The average Bonchev–Trinajstić information content (AvgIpc) is 3.07. The van der Waals surface area contributed by atoms with Gasteiger partial charge in [-0.3, -0.25) is 4.79 Å². The van der Waals surface area contributed by atoms with Crippen molar-refractivity contribution in [2.75, 3.05) is 18.5 Å². The number of rotatable bonds is 4. The maximum absolute atomic E-state index is 13.7. The molecule has 3 rings (SSSR count). The van der Waals surface area contributed by atoms with Crippen LogP contribution in [0, 0.1) is 25.6 Å². The molecule has 0 aliphatic carbocycles. The SMILES string of the molecule is Cc1nc(Oc2ccccc2F)nc(C)c1NC(=O)C1CCOC1. The lowest BCUT2D eigenvalue weighted by Gasteiger charge is -2.14. The third kappa shape index (κ3) is 3.51. The third-order valence-electron chi connectivity index (χ3n) is 3.84. The molecule has 1 amide bonds. The van der Waals surface area contributed by atoms with E-state index in [2.05, 4.69) is 15.3 Å². The van der Waals surface area contributed by atoms with E-state index in [1.165, 1.54) is 12.1 Å². The van der Waals surface area contributed by atoms with Crippen LogP contribution in [0.1, 0.15) is 17.8 Å². The zero-order valence-corrected chi connectivity index (χ0v) is 13.5. The highest BCUT2D eigenvalue weighted by Crippen LogP contribution is 2.26. The molecule has 0 spiro atoms. The van der Waals surface area contributed by atoms with E-state index in [1.807, 2.05) is 0 Å².